The van der Waals surface area contributed by atoms with Gasteiger partial charge in [0.05, 0.1) is 7.11 Å². The Bertz CT molecular complexity index is 732. The molecule has 0 amide bonds. The summed E-state index contributed by atoms with van der Waals surface area (Å²) in [5.41, 5.74) is 8.41. The van der Waals surface area contributed by atoms with Gasteiger partial charge in [-0.25, -0.2) is 4.98 Å². The zero-order chi connectivity index (χ0) is 13.4. The van der Waals surface area contributed by atoms with Crippen molar-refractivity contribution in [2.75, 3.05) is 12.8 Å². The number of anilines is 1. The molecule has 0 unspecified atom stereocenters. The van der Waals surface area contributed by atoms with Crippen LogP contribution in [0.25, 0.3) is 22.6 Å². The molecule has 0 spiro atoms. The summed E-state index contributed by atoms with van der Waals surface area (Å²) in [4.78, 5) is 4.43. The molecule has 3 aromatic rings. The smallest absolute Gasteiger partial charge is 0.227 e. The number of fused-ring (bicyclic) bond motifs is 1. The highest BCUT2D eigenvalue weighted by atomic mass is 35.5. The topological polar surface area (TPSA) is 61.3 Å². The number of halogens is 1. The van der Waals surface area contributed by atoms with Gasteiger partial charge < -0.3 is 14.9 Å². The highest BCUT2D eigenvalue weighted by Gasteiger charge is 2.12. The van der Waals surface area contributed by atoms with Gasteiger partial charge in [0.15, 0.2) is 11.1 Å². The van der Waals surface area contributed by atoms with Gasteiger partial charge in [0, 0.05) is 16.3 Å². The van der Waals surface area contributed by atoms with E-state index in [0.717, 1.165) is 5.56 Å². The number of aromatic nitrogens is 1. The monoisotopic (exact) mass is 274 g/mol. The van der Waals surface area contributed by atoms with Crippen molar-refractivity contribution in [3.63, 3.8) is 0 Å². The normalized spacial score (nSPS) is 10.8. The number of oxazole rings is 1. The Morgan fingerprint density at radius 3 is 2.84 bits per heavy atom. The van der Waals surface area contributed by atoms with Crippen molar-refractivity contribution in [1.82, 2.24) is 4.98 Å². The van der Waals surface area contributed by atoms with Crippen molar-refractivity contribution < 1.29 is 9.15 Å². The van der Waals surface area contributed by atoms with Crippen molar-refractivity contribution in [2.45, 2.75) is 0 Å². The first-order valence-electron chi connectivity index (χ1n) is 5.67. The van der Waals surface area contributed by atoms with E-state index in [1.165, 1.54) is 0 Å². The fourth-order valence-corrected chi connectivity index (χ4v) is 2.19. The zero-order valence-electron chi connectivity index (χ0n) is 10.2. The Balaban J connectivity index is 2.20. The molecule has 0 saturated heterocycles. The molecule has 19 heavy (non-hydrogen) atoms. The Hall–Kier alpha value is -2.20. The van der Waals surface area contributed by atoms with Crippen LogP contribution < -0.4 is 10.5 Å². The van der Waals surface area contributed by atoms with Gasteiger partial charge in [-0.05, 0) is 30.3 Å². The molecule has 1 aromatic heterocycles. The van der Waals surface area contributed by atoms with Crippen LogP contribution in [-0.2, 0) is 0 Å². The maximum absolute atomic E-state index is 5.98. The molecule has 4 nitrogen and oxygen atoms in total. The zero-order valence-corrected chi connectivity index (χ0v) is 10.9. The van der Waals surface area contributed by atoms with Crippen molar-refractivity contribution >= 4 is 28.4 Å². The molecule has 96 valence electrons. The van der Waals surface area contributed by atoms with Crippen molar-refractivity contribution in [2.24, 2.45) is 0 Å². The Morgan fingerprint density at radius 1 is 1.26 bits per heavy atom. The third kappa shape index (κ3) is 2.11. The number of hydrogen-bond acceptors (Lipinski definition) is 4. The van der Waals surface area contributed by atoms with Gasteiger partial charge in [0.25, 0.3) is 0 Å². The first kappa shape index (κ1) is 11.9. The molecule has 0 aliphatic carbocycles. The summed E-state index contributed by atoms with van der Waals surface area (Å²) in [6.45, 7) is 0. The molecule has 3 rings (SSSR count). The van der Waals surface area contributed by atoms with E-state index in [4.69, 9.17) is 26.5 Å². The van der Waals surface area contributed by atoms with Gasteiger partial charge in [0.2, 0.25) is 5.89 Å². The van der Waals surface area contributed by atoms with Crippen LogP contribution in [0.4, 0.5) is 5.69 Å². The van der Waals surface area contributed by atoms with Crippen LogP contribution in [-0.4, -0.2) is 12.1 Å². The minimum Gasteiger partial charge on any atom is -0.494 e. The minimum absolute atomic E-state index is 0.466. The van der Waals surface area contributed by atoms with E-state index in [9.17, 15) is 0 Å². The van der Waals surface area contributed by atoms with E-state index in [-0.39, 0.29) is 0 Å². The third-order valence-electron chi connectivity index (χ3n) is 2.77. The van der Waals surface area contributed by atoms with Crippen LogP contribution in [0.2, 0.25) is 5.02 Å². The van der Waals surface area contributed by atoms with E-state index in [1.807, 2.05) is 18.2 Å². The van der Waals surface area contributed by atoms with Crippen LogP contribution in [0.1, 0.15) is 0 Å². The number of nitrogen functional groups attached to an aromatic ring is 1. The van der Waals surface area contributed by atoms with Crippen LogP contribution in [0.5, 0.6) is 5.75 Å². The van der Waals surface area contributed by atoms with Crippen LogP contribution >= 0.6 is 11.6 Å². The van der Waals surface area contributed by atoms with Crippen molar-refractivity contribution in [3.8, 4) is 17.2 Å². The Morgan fingerprint density at radius 2 is 2.11 bits per heavy atom. The summed E-state index contributed by atoms with van der Waals surface area (Å²) in [5, 5.41) is 0.546. The second kappa shape index (κ2) is 4.48. The Labute approximate surface area is 114 Å². The number of para-hydroxylation sites is 1. The molecule has 0 bridgehead atoms. The first-order valence-corrected chi connectivity index (χ1v) is 6.05. The molecule has 2 aromatic carbocycles. The molecular weight excluding hydrogens is 264 g/mol. The molecule has 1 heterocycles. The van der Waals surface area contributed by atoms with E-state index >= 15 is 0 Å². The number of benzene rings is 2. The summed E-state index contributed by atoms with van der Waals surface area (Å²) in [6, 6.07) is 10.7. The molecule has 0 fully saturated rings. The van der Waals surface area contributed by atoms with Crippen LogP contribution in [0.15, 0.2) is 40.8 Å². The number of methoxy groups -OCH3 is 1. The number of ether oxygens (including phenoxy) is 1. The van der Waals surface area contributed by atoms with Gasteiger partial charge >= 0.3 is 0 Å². The lowest BCUT2D eigenvalue weighted by Crippen LogP contribution is -1.86. The van der Waals surface area contributed by atoms with Gasteiger partial charge in [0.1, 0.15) is 5.75 Å². The number of nitrogens with two attached hydrogens (primary N) is 1. The van der Waals surface area contributed by atoms with E-state index < -0.39 is 0 Å². The highest BCUT2D eigenvalue weighted by Crippen LogP contribution is 2.31. The summed E-state index contributed by atoms with van der Waals surface area (Å²) >= 11 is 5.98. The second-order valence-corrected chi connectivity index (χ2v) is 4.54. The fraction of sp³-hybridized carbons (Fsp3) is 0.0714. The lowest BCUT2D eigenvalue weighted by Gasteiger charge is -1.99. The van der Waals surface area contributed by atoms with Gasteiger partial charge in [-0.15, -0.1) is 0 Å². The summed E-state index contributed by atoms with van der Waals surface area (Å²) in [6.07, 6.45) is 0. The SMILES string of the molecule is COc1cccc2oc(-c3cc(N)cc(Cl)c3)nc12. The molecule has 0 radical (unpaired) electrons. The molecule has 0 atom stereocenters. The Kier molecular flexibility index (Phi) is 2.80. The molecule has 0 aliphatic rings. The van der Waals surface area contributed by atoms with E-state index in [1.54, 1.807) is 25.3 Å². The summed E-state index contributed by atoms with van der Waals surface area (Å²) < 4.78 is 11.0. The van der Waals surface area contributed by atoms with Gasteiger partial charge in [-0.1, -0.05) is 17.7 Å². The quantitative estimate of drug-likeness (QED) is 0.723. The average Bonchev–Trinajstić information content (AvgIpc) is 2.81. The van der Waals surface area contributed by atoms with Crippen LogP contribution in [0, 0.1) is 0 Å². The van der Waals surface area contributed by atoms with E-state index in [2.05, 4.69) is 4.98 Å². The number of nitrogens with zero attached hydrogens (tertiary/aromatic N) is 1. The largest absolute Gasteiger partial charge is 0.494 e. The molecule has 2 N–H and O–H groups in total. The highest BCUT2D eigenvalue weighted by molar-refractivity contribution is 6.31. The number of rotatable bonds is 2. The number of hydrogen-bond donors (Lipinski definition) is 1. The van der Waals surface area contributed by atoms with E-state index in [0.29, 0.717) is 33.4 Å². The average molecular weight is 275 g/mol. The fourth-order valence-electron chi connectivity index (χ4n) is 1.95. The minimum atomic E-state index is 0.466. The summed E-state index contributed by atoms with van der Waals surface area (Å²) in [7, 11) is 1.60. The third-order valence-corrected chi connectivity index (χ3v) is 2.99. The van der Waals surface area contributed by atoms with Crippen molar-refractivity contribution in [3.05, 3.63) is 41.4 Å². The van der Waals surface area contributed by atoms with Crippen molar-refractivity contribution in [1.29, 1.82) is 0 Å². The molecular formula is C14H11ClN2O2. The summed E-state index contributed by atoms with van der Waals surface area (Å²) in [5.74, 6) is 1.14. The molecule has 0 aliphatic heterocycles. The first-order chi connectivity index (χ1) is 9.17. The molecule has 0 saturated carbocycles. The predicted octanol–water partition coefficient (Wildman–Crippen LogP) is 3.74. The molecule has 5 heteroatoms. The second-order valence-electron chi connectivity index (χ2n) is 4.10. The lowest BCUT2D eigenvalue weighted by atomic mass is 10.2. The lowest BCUT2D eigenvalue weighted by molar-refractivity contribution is 0.419. The van der Waals surface area contributed by atoms with Gasteiger partial charge in [-0.3, -0.25) is 0 Å². The standard InChI is InChI=1S/C14H11ClN2O2/c1-18-11-3-2-4-12-13(11)17-14(19-12)8-5-9(15)7-10(16)6-8/h2-7H,16H2,1H3. The van der Waals surface area contributed by atoms with Crippen LogP contribution in [0.3, 0.4) is 0 Å². The van der Waals surface area contributed by atoms with Gasteiger partial charge in [-0.2, -0.15) is 0 Å². The maximum atomic E-state index is 5.98. The predicted molar refractivity (Wildman–Crippen MR) is 75.4 cm³/mol. The maximum Gasteiger partial charge on any atom is 0.227 e.